The SMILES string of the molecule is COc1ccc(NC(=O)CCl)c(C(F)(F)F)c1. The molecule has 0 fully saturated rings. The molecule has 7 heteroatoms. The normalized spacial score (nSPS) is 11.1. The Morgan fingerprint density at radius 3 is 2.59 bits per heavy atom. The monoisotopic (exact) mass is 267 g/mol. The molecule has 1 aromatic rings. The molecule has 1 rings (SSSR count). The van der Waals surface area contributed by atoms with Crippen LogP contribution in [0.2, 0.25) is 0 Å². The van der Waals surface area contributed by atoms with Crippen molar-refractivity contribution in [2.45, 2.75) is 6.18 Å². The van der Waals surface area contributed by atoms with Gasteiger partial charge < -0.3 is 10.1 Å². The van der Waals surface area contributed by atoms with Gasteiger partial charge in [0, 0.05) is 0 Å². The first kappa shape index (κ1) is 13.6. The van der Waals surface area contributed by atoms with Gasteiger partial charge in [-0.25, -0.2) is 0 Å². The number of hydrogen-bond donors (Lipinski definition) is 1. The van der Waals surface area contributed by atoms with Gasteiger partial charge >= 0.3 is 6.18 Å². The van der Waals surface area contributed by atoms with E-state index in [4.69, 9.17) is 16.3 Å². The van der Waals surface area contributed by atoms with Crippen LogP contribution in [-0.2, 0) is 11.0 Å². The zero-order chi connectivity index (χ0) is 13.1. The predicted molar refractivity (Wildman–Crippen MR) is 57.3 cm³/mol. The van der Waals surface area contributed by atoms with Crippen molar-refractivity contribution in [3.63, 3.8) is 0 Å². The molecule has 0 atom stereocenters. The zero-order valence-corrected chi connectivity index (χ0v) is 9.52. The molecule has 1 aromatic carbocycles. The molecular formula is C10H9ClF3NO2. The van der Waals surface area contributed by atoms with Gasteiger partial charge in [-0.2, -0.15) is 13.2 Å². The van der Waals surface area contributed by atoms with Crippen LogP contribution in [0.15, 0.2) is 18.2 Å². The van der Waals surface area contributed by atoms with Crippen molar-refractivity contribution < 1.29 is 22.7 Å². The molecule has 0 unspecified atom stereocenters. The van der Waals surface area contributed by atoms with Gasteiger partial charge in [0.05, 0.1) is 18.4 Å². The molecule has 3 nitrogen and oxygen atoms in total. The zero-order valence-electron chi connectivity index (χ0n) is 8.77. The summed E-state index contributed by atoms with van der Waals surface area (Å²) in [6.07, 6.45) is -4.58. The van der Waals surface area contributed by atoms with Gasteiger partial charge in [-0.05, 0) is 18.2 Å². The van der Waals surface area contributed by atoms with E-state index in [1.165, 1.54) is 13.2 Å². The number of ether oxygens (including phenoxy) is 1. The van der Waals surface area contributed by atoms with Crippen molar-refractivity contribution in [2.24, 2.45) is 0 Å². The molecule has 17 heavy (non-hydrogen) atoms. The highest BCUT2D eigenvalue weighted by atomic mass is 35.5. The summed E-state index contributed by atoms with van der Waals surface area (Å²) in [6.45, 7) is 0. The minimum Gasteiger partial charge on any atom is -0.497 e. The maximum absolute atomic E-state index is 12.7. The molecule has 1 N–H and O–H groups in total. The summed E-state index contributed by atoms with van der Waals surface area (Å²) in [7, 11) is 1.26. The Balaban J connectivity index is 3.16. The number of benzene rings is 1. The molecule has 1 amide bonds. The Labute approximate surface area is 101 Å². The number of halogens is 4. The van der Waals surface area contributed by atoms with Crippen LogP contribution in [0.25, 0.3) is 0 Å². The predicted octanol–water partition coefficient (Wildman–Crippen LogP) is 2.89. The average molecular weight is 268 g/mol. The Morgan fingerprint density at radius 2 is 2.12 bits per heavy atom. The van der Waals surface area contributed by atoms with Gasteiger partial charge in [-0.3, -0.25) is 4.79 Å². The lowest BCUT2D eigenvalue weighted by molar-refractivity contribution is -0.137. The number of nitrogens with one attached hydrogen (secondary N) is 1. The highest BCUT2D eigenvalue weighted by Crippen LogP contribution is 2.37. The minimum absolute atomic E-state index is 0.0567. The van der Waals surface area contributed by atoms with Gasteiger partial charge in [0.15, 0.2) is 0 Å². The Hall–Kier alpha value is -1.43. The molecule has 0 saturated carbocycles. The first-order valence-electron chi connectivity index (χ1n) is 4.49. The second-order valence-electron chi connectivity index (χ2n) is 3.09. The number of alkyl halides is 4. The third-order valence-corrected chi connectivity index (χ3v) is 2.17. The van der Waals surface area contributed by atoms with Crippen LogP contribution in [-0.4, -0.2) is 18.9 Å². The van der Waals surface area contributed by atoms with E-state index in [1.54, 1.807) is 0 Å². The molecule has 94 valence electrons. The minimum atomic E-state index is -4.58. The fourth-order valence-electron chi connectivity index (χ4n) is 1.18. The van der Waals surface area contributed by atoms with Crippen LogP contribution < -0.4 is 10.1 Å². The first-order valence-corrected chi connectivity index (χ1v) is 5.03. The highest BCUT2D eigenvalue weighted by Gasteiger charge is 2.34. The number of carbonyl (C=O) groups is 1. The lowest BCUT2D eigenvalue weighted by Crippen LogP contribution is -2.17. The van der Waals surface area contributed by atoms with Gasteiger partial charge in [0.25, 0.3) is 0 Å². The third kappa shape index (κ3) is 3.52. The van der Waals surface area contributed by atoms with E-state index in [0.29, 0.717) is 0 Å². The molecule has 0 radical (unpaired) electrons. The summed E-state index contributed by atoms with van der Waals surface area (Å²) in [6, 6.07) is 3.25. The largest absolute Gasteiger partial charge is 0.497 e. The van der Waals surface area contributed by atoms with Crippen LogP contribution in [0.4, 0.5) is 18.9 Å². The summed E-state index contributed by atoms with van der Waals surface area (Å²) in [4.78, 5) is 11.0. The van der Waals surface area contributed by atoms with Crippen LogP contribution in [0.1, 0.15) is 5.56 Å². The highest BCUT2D eigenvalue weighted by molar-refractivity contribution is 6.29. The second-order valence-corrected chi connectivity index (χ2v) is 3.36. The summed E-state index contributed by atoms with van der Waals surface area (Å²) in [5.74, 6) is -1.06. The van der Waals surface area contributed by atoms with E-state index in [0.717, 1.165) is 12.1 Å². The number of carbonyl (C=O) groups excluding carboxylic acids is 1. The van der Waals surface area contributed by atoms with Crippen molar-refractivity contribution in [1.29, 1.82) is 0 Å². The Bertz CT molecular complexity index is 421. The average Bonchev–Trinajstić information content (AvgIpc) is 2.28. The maximum Gasteiger partial charge on any atom is 0.418 e. The van der Waals surface area contributed by atoms with Gasteiger partial charge in [0.1, 0.15) is 11.6 Å². The van der Waals surface area contributed by atoms with Crippen molar-refractivity contribution in [2.75, 3.05) is 18.3 Å². The molecule has 0 heterocycles. The molecule has 0 aliphatic heterocycles. The lowest BCUT2D eigenvalue weighted by Gasteiger charge is -2.14. The summed E-state index contributed by atoms with van der Waals surface area (Å²) >= 11 is 5.21. The molecular weight excluding hydrogens is 259 g/mol. The quantitative estimate of drug-likeness (QED) is 0.855. The molecule has 0 saturated heterocycles. The number of rotatable bonds is 3. The van der Waals surface area contributed by atoms with Crippen LogP contribution in [0.3, 0.4) is 0 Å². The van der Waals surface area contributed by atoms with E-state index in [1.807, 2.05) is 0 Å². The van der Waals surface area contributed by atoms with Gasteiger partial charge in [-0.15, -0.1) is 11.6 Å². The Kier molecular flexibility index (Phi) is 4.22. The smallest absolute Gasteiger partial charge is 0.418 e. The first-order chi connectivity index (χ1) is 7.88. The number of methoxy groups -OCH3 is 1. The van der Waals surface area contributed by atoms with E-state index in [-0.39, 0.29) is 11.4 Å². The van der Waals surface area contributed by atoms with E-state index >= 15 is 0 Å². The topological polar surface area (TPSA) is 38.3 Å². The van der Waals surface area contributed by atoms with Crippen molar-refractivity contribution >= 4 is 23.2 Å². The third-order valence-electron chi connectivity index (χ3n) is 1.93. The van der Waals surface area contributed by atoms with Gasteiger partial charge in [-0.1, -0.05) is 0 Å². The second kappa shape index (κ2) is 5.27. The molecule has 0 spiro atoms. The summed E-state index contributed by atoms with van der Waals surface area (Å²) in [5.41, 5.74) is -1.32. The number of anilines is 1. The lowest BCUT2D eigenvalue weighted by atomic mass is 10.1. The summed E-state index contributed by atoms with van der Waals surface area (Å²) in [5, 5.41) is 2.07. The number of amides is 1. The van der Waals surface area contributed by atoms with Crippen LogP contribution in [0.5, 0.6) is 5.75 Å². The molecule has 0 bridgehead atoms. The number of hydrogen-bond acceptors (Lipinski definition) is 2. The fourth-order valence-corrected chi connectivity index (χ4v) is 1.24. The summed E-state index contributed by atoms with van der Waals surface area (Å²) < 4.78 is 42.7. The molecule has 0 aliphatic carbocycles. The molecule has 0 aliphatic rings. The Morgan fingerprint density at radius 1 is 1.47 bits per heavy atom. The standard InChI is InChI=1S/C10H9ClF3NO2/c1-17-6-2-3-8(15-9(16)5-11)7(4-6)10(12,13)14/h2-4H,5H2,1H3,(H,15,16). The fraction of sp³-hybridized carbons (Fsp3) is 0.300. The van der Waals surface area contributed by atoms with Crippen molar-refractivity contribution in [3.05, 3.63) is 23.8 Å². The molecule has 0 aromatic heterocycles. The van der Waals surface area contributed by atoms with E-state index in [9.17, 15) is 18.0 Å². The van der Waals surface area contributed by atoms with Crippen molar-refractivity contribution in [1.82, 2.24) is 0 Å². The van der Waals surface area contributed by atoms with Crippen LogP contribution in [0, 0.1) is 0 Å². The van der Waals surface area contributed by atoms with E-state index < -0.39 is 23.5 Å². The van der Waals surface area contributed by atoms with E-state index in [2.05, 4.69) is 5.32 Å². The van der Waals surface area contributed by atoms with Gasteiger partial charge in [0.2, 0.25) is 5.91 Å². The maximum atomic E-state index is 12.7. The van der Waals surface area contributed by atoms with Crippen molar-refractivity contribution in [3.8, 4) is 5.75 Å². The van der Waals surface area contributed by atoms with Crippen LogP contribution >= 0.6 is 11.6 Å².